The number of benzene rings is 1. The zero-order valence-electron chi connectivity index (χ0n) is 18.5. The lowest BCUT2D eigenvalue weighted by molar-refractivity contribution is 0.0994. The molecule has 0 aliphatic carbocycles. The predicted octanol–water partition coefficient (Wildman–Crippen LogP) is 4.47. The molecule has 1 amide bonds. The van der Waals surface area contributed by atoms with Crippen molar-refractivity contribution in [3.8, 4) is 11.8 Å². The highest BCUT2D eigenvalue weighted by atomic mass is 16.5. The van der Waals surface area contributed by atoms with Crippen molar-refractivity contribution in [2.24, 2.45) is 0 Å². The largest absolute Gasteiger partial charge is 0.481 e. The Bertz CT molecular complexity index is 1050. The van der Waals surface area contributed by atoms with E-state index in [2.05, 4.69) is 49.9 Å². The molecule has 1 aromatic carbocycles. The summed E-state index contributed by atoms with van der Waals surface area (Å²) in [4.78, 5) is 20.8. The molecule has 0 fully saturated rings. The number of aromatic nitrogens is 2. The van der Waals surface area contributed by atoms with Crippen LogP contribution >= 0.6 is 0 Å². The van der Waals surface area contributed by atoms with Gasteiger partial charge >= 0.3 is 0 Å². The number of carbonyl (C=O) groups excluding carboxylic acids is 1. The Kier molecular flexibility index (Phi) is 6.10. The lowest BCUT2D eigenvalue weighted by atomic mass is 9.88. The van der Waals surface area contributed by atoms with Crippen LogP contribution in [0.4, 0.5) is 5.95 Å². The van der Waals surface area contributed by atoms with E-state index in [-0.39, 0.29) is 23.5 Å². The lowest BCUT2D eigenvalue weighted by Crippen LogP contribution is -2.14. The number of nitrogens with one attached hydrogen (secondary N) is 1. The van der Waals surface area contributed by atoms with Gasteiger partial charge in [-0.1, -0.05) is 0 Å². The monoisotopic (exact) mass is 409 g/mol. The fraction of sp³-hybridized carbons (Fsp3) is 0.348. The van der Waals surface area contributed by atoms with E-state index in [1.165, 1.54) is 53.7 Å². The number of rotatable bonds is 6. The first-order valence-electron chi connectivity index (χ1n) is 9.68. The highest BCUT2D eigenvalue weighted by molar-refractivity contribution is 6.01. The zero-order chi connectivity index (χ0) is 22.0. The lowest BCUT2D eigenvalue weighted by Gasteiger charge is -2.18. The van der Waals surface area contributed by atoms with E-state index in [1.54, 1.807) is 6.07 Å². The quantitative estimate of drug-likeness (QED) is 0.646. The summed E-state index contributed by atoms with van der Waals surface area (Å²) in [5, 5.41) is 2.62. The van der Waals surface area contributed by atoms with Crippen LogP contribution < -0.4 is 14.8 Å². The van der Waals surface area contributed by atoms with Gasteiger partial charge in [0.05, 0.1) is 20.3 Å². The van der Waals surface area contributed by atoms with Crippen LogP contribution in [-0.4, -0.2) is 30.1 Å². The zero-order valence-corrected chi connectivity index (χ0v) is 18.5. The molecule has 2 heterocycles. The molecule has 0 unspecified atom stereocenters. The Morgan fingerprint density at radius 1 is 0.900 bits per heavy atom. The van der Waals surface area contributed by atoms with Gasteiger partial charge in [-0.25, -0.2) is 0 Å². The van der Waals surface area contributed by atoms with Crippen LogP contribution in [-0.2, 0) is 6.42 Å². The summed E-state index contributed by atoms with van der Waals surface area (Å²) in [5.74, 6) is 1.11. The molecule has 0 bridgehead atoms. The summed E-state index contributed by atoms with van der Waals surface area (Å²) in [5.41, 5.74) is 7.66. The van der Waals surface area contributed by atoms with Crippen molar-refractivity contribution >= 4 is 11.9 Å². The number of hydrogen-bond donors (Lipinski definition) is 1. The van der Waals surface area contributed by atoms with Gasteiger partial charge in [0.1, 0.15) is 5.76 Å². The maximum absolute atomic E-state index is 12.6. The molecule has 2 aromatic heterocycles. The van der Waals surface area contributed by atoms with E-state index >= 15 is 0 Å². The highest BCUT2D eigenvalue weighted by Gasteiger charge is 2.17. The van der Waals surface area contributed by atoms with E-state index in [9.17, 15) is 4.79 Å². The second kappa shape index (κ2) is 8.57. The number of nitrogens with zero attached hydrogens (tertiary/aromatic N) is 2. The van der Waals surface area contributed by atoms with Crippen molar-refractivity contribution < 1.29 is 18.7 Å². The van der Waals surface area contributed by atoms with Gasteiger partial charge in [0, 0.05) is 6.42 Å². The minimum atomic E-state index is -0.443. The molecule has 7 nitrogen and oxygen atoms in total. The molecule has 0 radical (unpaired) electrons. The Labute approximate surface area is 176 Å². The molecule has 7 heteroatoms. The summed E-state index contributed by atoms with van der Waals surface area (Å²) < 4.78 is 16.0. The molecule has 0 saturated heterocycles. The third-order valence-corrected chi connectivity index (χ3v) is 5.71. The van der Waals surface area contributed by atoms with Crippen LogP contribution in [0.3, 0.4) is 0 Å². The van der Waals surface area contributed by atoms with Gasteiger partial charge < -0.3 is 13.9 Å². The summed E-state index contributed by atoms with van der Waals surface area (Å²) in [6.45, 7) is 10.7. The van der Waals surface area contributed by atoms with Gasteiger partial charge in [-0.2, -0.15) is 9.97 Å². The molecule has 1 N–H and O–H groups in total. The van der Waals surface area contributed by atoms with Crippen LogP contribution in [0.1, 0.15) is 49.7 Å². The first-order chi connectivity index (χ1) is 14.2. The van der Waals surface area contributed by atoms with Crippen LogP contribution in [0.5, 0.6) is 11.8 Å². The average Bonchev–Trinajstić information content (AvgIpc) is 3.22. The topological polar surface area (TPSA) is 86.5 Å². The van der Waals surface area contributed by atoms with E-state index in [4.69, 9.17) is 13.9 Å². The van der Waals surface area contributed by atoms with Crippen molar-refractivity contribution in [1.82, 2.24) is 9.97 Å². The molecule has 0 spiro atoms. The Morgan fingerprint density at radius 3 is 1.97 bits per heavy atom. The molecule has 0 aliphatic rings. The summed E-state index contributed by atoms with van der Waals surface area (Å²) in [6, 6.07) is 5.00. The Balaban J connectivity index is 1.82. The van der Waals surface area contributed by atoms with Crippen molar-refractivity contribution in [2.75, 3.05) is 19.5 Å². The molecule has 3 rings (SSSR count). The van der Waals surface area contributed by atoms with Gasteiger partial charge in [0.15, 0.2) is 5.76 Å². The number of ether oxygens (including phenoxy) is 2. The first kappa shape index (κ1) is 21.4. The minimum Gasteiger partial charge on any atom is -0.481 e. The molecule has 3 aromatic rings. The van der Waals surface area contributed by atoms with E-state index < -0.39 is 5.91 Å². The van der Waals surface area contributed by atoms with Crippen molar-refractivity contribution in [3.05, 3.63) is 63.1 Å². The number of furan rings is 1. The van der Waals surface area contributed by atoms with Gasteiger partial charge in [-0.3, -0.25) is 10.1 Å². The summed E-state index contributed by atoms with van der Waals surface area (Å²) in [7, 11) is 2.95. The molecule has 158 valence electrons. The van der Waals surface area contributed by atoms with Gasteiger partial charge in [-0.05, 0) is 80.1 Å². The second-order valence-corrected chi connectivity index (χ2v) is 7.28. The maximum atomic E-state index is 12.6. The number of methoxy groups -OCH3 is 2. The third-order valence-electron chi connectivity index (χ3n) is 5.71. The Hall–Kier alpha value is -3.35. The summed E-state index contributed by atoms with van der Waals surface area (Å²) >= 11 is 0. The fourth-order valence-corrected chi connectivity index (χ4v) is 3.44. The number of carbonyl (C=O) groups is 1. The van der Waals surface area contributed by atoms with Gasteiger partial charge in [-0.15, -0.1) is 0 Å². The molecular weight excluding hydrogens is 382 g/mol. The predicted molar refractivity (Wildman–Crippen MR) is 115 cm³/mol. The SMILES string of the molecule is COc1cc(OC)nc(NC(=O)c2ccc(Cc3c(C)c(C)c(C)c(C)c3C)o2)n1. The molecular formula is C23H27N3O4. The van der Waals surface area contributed by atoms with Crippen LogP contribution in [0.2, 0.25) is 0 Å². The average molecular weight is 409 g/mol. The molecule has 30 heavy (non-hydrogen) atoms. The standard InChI is InChI=1S/C23H27N3O4/c1-12-13(2)15(4)18(16(5)14(12)3)10-17-8-9-19(30-17)22(27)26-23-24-20(28-6)11-21(25-23)29-7/h8-9,11H,10H2,1-7H3,(H,24,25,26,27). The summed E-state index contributed by atoms with van der Waals surface area (Å²) in [6.07, 6.45) is 0.621. The normalized spacial score (nSPS) is 10.8. The number of amides is 1. The molecule has 0 atom stereocenters. The van der Waals surface area contributed by atoms with Crippen LogP contribution in [0.25, 0.3) is 0 Å². The van der Waals surface area contributed by atoms with Crippen LogP contribution in [0, 0.1) is 34.6 Å². The van der Waals surface area contributed by atoms with E-state index in [0.717, 1.165) is 5.76 Å². The first-order valence-corrected chi connectivity index (χ1v) is 9.68. The van der Waals surface area contributed by atoms with E-state index in [1.807, 2.05) is 6.07 Å². The van der Waals surface area contributed by atoms with Crippen molar-refractivity contribution in [3.63, 3.8) is 0 Å². The smallest absolute Gasteiger partial charge is 0.293 e. The second-order valence-electron chi connectivity index (χ2n) is 7.28. The molecule has 0 aliphatic heterocycles. The Morgan fingerprint density at radius 2 is 1.43 bits per heavy atom. The van der Waals surface area contributed by atoms with Crippen molar-refractivity contribution in [1.29, 1.82) is 0 Å². The highest BCUT2D eigenvalue weighted by Crippen LogP contribution is 2.28. The molecule has 0 saturated carbocycles. The minimum absolute atomic E-state index is 0.0747. The number of anilines is 1. The van der Waals surface area contributed by atoms with Gasteiger partial charge in [0.25, 0.3) is 5.91 Å². The van der Waals surface area contributed by atoms with Gasteiger partial charge in [0.2, 0.25) is 17.7 Å². The number of hydrogen-bond acceptors (Lipinski definition) is 6. The van der Waals surface area contributed by atoms with Crippen LogP contribution in [0.15, 0.2) is 22.6 Å². The van der Waals surface area contributed by atoms with E-state index in [0.29, 0.717) is 6.42 Å². The fourth-order valence-electron chi connectivity index (χ4n) is 3.44. The van der Waals surface area contributed by atoms with Crippen molar-refractivity contribution in [2.45, 2.75) is 41.0 Å². The third kappa shape index (κ3) is 4.15. The maximum Gasteiger partial charge on any atom is 0.293 e.